The van der Waals surface area contributed by atoms with Gasteiger partial charge in [-0.15, -0.1) is 0 Å². The number of hydrogen-bond acceptors (Lipinski definition) is 3. The Labute approximate surface area is 174 Å². The van der Waals surface area contributed by atoms with Gasteiger partial charge in [0.15, 0.2) is 5.96 Å². The second-order valence-electron chi connectivity index (χ2n) is 7.60. The topological polar surface area (TPSA) is 91.0 Å². The van der Waals surface area contributed by atoms with Gasteiger partial charge >= 0.3 is 6.18 Å². The van der Waals surface area contributed by atoms with Crippen molar-refractivity contribution in [3.63, 3.8) is 0 Å². The number of primary amides is 1. The molecule has 2 rings (SSSR count). The third kappa shape index (κ3) is 7.23. The van der Waals surface area contributed by atoms with Crippen molar-refractivity contribution < 1.29 is 22.8 Å². The van der Waals surface area contributed by atoms with E-state index in [-0.39, 0.29) is 37.2 Å². The molecule has 0 aliphatic carbocycles. The Morgan fingerprint density at radius 1 is 1.33 bits per heavy atom. The summed E-state index contributed by atoms with van der Waals surface area (Å²) in [6, 6.07) is 5.01. The summed E-state index contributed by atoms with van der Waals surface area (Å²) < 4.78 is 38.9. The number of nitrogens with zero attached hydrogens (tertiary/aromatic N) is 3. The predicted molar refractivity (Wildman–Crippen MR) is 107 cm³/mol. The fraction of sp³-hybridized carbons (Fsp3) is 0.550. The Balaban J connectivity index is 2.18. The molecule has 0 aromatic heterocycles. The van der Waals surface area contributed by atoms with Gasteiger partial charge in [-0.3, -0.25) is 9.59 Å². The Morgan fingerprint density at radius 2 is 2.07 bits per heavy atom. The molecule has 1 heterocycles. The molecule has 0 saturated carbocycles. The van der Waals surface area contributed by atoms with Crippen LogP contribution in [0.5, 0.6) is 0 Å². The van der Waals surface area contributed by atoms with Crippen molar-refractivity contribution in [3.05, 3.63) is 35.4 Å². The van der Waals surface area contributed by atoms with Crippen LogP contribution >= 0.6 is 0 Å². The molecule has 1 saturated heterocycles. The number of nitrogens with two attached hydrogens (primary N) is 1. The normalized spacial score (nSPS) is 17.6. The lowest BCUT2D eigenvalue weighted by atomic mass is 9.95. The number of hydrogen-bond donors (Lipinski definition) is 2. The molecular formula is C20H28F3N5O2. The molecule has 166 valence electrons. The van der Waals surface area contributed by atoms with Crippen molar-refractivity contribution in [2.45, 2.75) is 32.0 Å². The first-order valence-corrected chi connectivity index (χ1v) is 9.74. The number of guanidine groups is 1. The number of rotatable bonds is 6. The fourth-order valence-corrected chi connectivity index (χ4v) is 3.30. The summed E-state index contributed by atoms with van der Waals surface area (Å²) in [5, 5.41) is 3.01. The van der Waals surface area contributed by atoms with Crippen LogP contribution < -0.4 is 11.1 Å². The molecule has 3 N–H and O–H groups in total. The van der Waals surface area contributed by atoms with E-state index >= 15 is 0 Å². The molecule has 2 amide bonds. The fourth-order valence-electron chi connectivity index (χ4n) is 3.30. The lowest BCUT2D eigenvalue weighted by molar-refractivity contribution is -0.137. The zero-order valence-corrected chi connectivity index (χ0v) is 17.2. The SMILES string of the molecule is CN(C)C(=O)CNC(=NCc1cccc(C(F)(F)F)c1)N1CCCC(CC(N)=O)C1. The number of aliphatic imine (C=N–C) groups is 1. The van der Waals surface area contributed by atoms with Crippen LogP contribution in [-0.4, -0.2) is 61.3 Å². The molecule has 1 aromatic rings. The number of piperidine rings is 1. The van der Waals surface area contributed by atoms with Gasteiger partial charge in [-0.1, -0.05) is 12.1 Å². The number of carbonyl (C=O) groups excluding carboxylic acids is 2. The number of likely N-dealkylation sites (N-methyl/N-ethyl adjacent to an activating group) is 1. The Kier molecular flexibility index (Phi) is 8.08. The van der Waals surface area contributed by atoms with Crippen molar-refractivity contribution in [2.24, 2.45) is 16.6 Å². The van der Waals surface area contributed by atoms with Crippen LogP contribution in [-0.2, 0) is 22.3 Å². The first kappa shape index (κ1) is 23.5. The zero-order chi connectivity index (χ0) is 22.3. The maximum absolute atomic E-state index is 13.0. The number of alkyl halides is 3. The molecule has 0 radical (unpaired) electrons. The van der Waals surface area contributed by atoms with E-state index in [9.17, 15) is 22.8 Å². The van der Waals surface area contributed by atoms with E-state index in [1.165, 1.54) is 11.0 Å². The summed E-state index contributed by atoms with van der Waals surface area (Å²) in [4.78, 5) is 31.1. The van der Waals surface area contributed by atoms with Gasteiger partial charge in [0.25, 0.3) is 0 Å². The molecule has 0 bridgehead atoms. The van der Waals surface area contributed by atoms with Crippen LogP contribution in [0.3, 0.4) is 0 Å². The van der Waals surface area contributed by atoms with E-state index in [1.807, 2.05) is 4.90 Å². The van der Waals surface area contributed by atoms with Crippen LogP contribution in [0.2, 0.25) is 0 Å². The van der Waals surface area contributed by atoms with Crippen molar-refractivity contribution in [1.82, 2.24) is 15.1 Å². The van der Waals surface area contributed by atoms with Crippen molar-refractivity contribution >= 4 is 17.8 Å². The first-order valence-electron chi connectivity index (χ1n) is 9.74. The molecule has 1 aliphatic rings. The van der Waals surface area contributed by atoms with Gasteiger partial charge in [0, 0.05) is 33.6 Å². The Morgan fingerprint density at radius 3 is 2.70 bits per heavy atom. The molecule has 1 atom stereocenters. The van der Waals surface area contributed by atoms with Gasteiger partial charge in [-0.05, 0) is 36.5 Å². The molecule has 1 aromatic carbocycles. The van der Waals surface area contributed by atoms with Crippen molar-refractivity contribution in [1.29, 1.82) is 0 Å². The van der Waals surface area contributed by atoms with Gasteiger partial charge in [-0.2, -0.15) is 13.2 Å². The third-order valence-corrected chi connectivity index (χ3v) is 4.87. The quantitative estimate of drug-likeness (QED) is 0.535. The predicted octanol–water partition coefficient (Wildman–Crippen LogP) is 1.83. The monoisotopic (exact) mass is 427 g/mol. The standard InChI is InChI=1S/C20H28F3N5O2/c1-27(2)18(30)12-26-19(28-8-4-6-15(13-28)10-17(24)29)25-11-14-5-3-7-16(9-14)20(21,22)23/h3,5,7,9,15H,4,6,8,10-13H2,1-2H3,(H2,24,29)(H,25,26). The highest BCUT2D eigenvalue weighted by atomic mass is 19.4. The number of amides is 2. The van der Waals surface area contributed by atoms with E-state index < -0.39 is 11.7 Å². The van der Waals surface area contributed by atoms with Gasteiger partial charge in [-0.25, -0.2) is 4.99 Å². The average Bonchev–Trinajstić information content (AvgIpc) is 2.67. The second kappa shape index (κ2) is 10.3. The summed E-state index contributed by atoms with van der Waals surface area (Å²) >= 11 is 0. The number of halogens is 3. The maximum Gasteiger partial charge on any atom is 0.416 e. The molecule has 0 spiro atoms. The van der Waals surface area contributed by atoms with E-state index in [0.717, 1.165) is 25.0 Å². The van der Waals surface area contributed by atoms with Crippen LogP contribution in [0.4, 0.5) is 13.2 Å². The maximum atomic E-state index is 13.0. The second-order valence-corrected chi connectivity index (χ2v) is 7.60. The smallest absolute Gasteiger partial charge is 0.370 e. The Bertz CT molecular complexity index is 780. The van der Waals surface area contributed by atoms with E-state index in [2.05, 4.69) is 10.3 Å². The van der Waals surface area contributed by atoms with Crippen LogP contribution in [0.15, 0.2) is 29.3 Å². The molecule has 1 unspecified atom stereocenters. The summed E-state index contributed by atoms with van der Waals surface area (Å²) in [7, 11) is 3.26. The van der Waals surface area contributed by atoms with Gasteiger partial charge < -0.3 is 20.9 Å². The van der Waals surface area contributed by atoms with Gasteiger partial charge in [0.1, 0.15) is 0 Å². The highest BCUT2D eigenvalue weighted by Crippen LogP contribution is 2.29. The van der Waals surface area contributed by atoms with Crippen LogP contribution in [0.25, 0.3) is 0 Å². The largest absolute Gasteiger partial charge is 0.416 e. The van der Waals surface area contributed by atoms with E-state index in [0.29, 0.717) is 24.6 Å². The summed E-state index contributed by atoms with van der Waals surface area (Å²) in [6.45, 7) is 1.23. The van der Waals surface area contributed by atoms with Crippen molar-refractivity contribution in [2.75, 3.05) is 33.7 Å². The highest BCUT2D eigenvalue weighted by molar-refractivity contribution is 5.86. The summed E-state index contributed by atoms with van der Waals surface area (Å²) in [5.41, 5.74) is 5.00. The average molecular weight is 427 g/mol. The van der Waals surface area contributed by atoms with E-state index in [1.54, 1.807) is 20.2 Å². The molecule has 1 fully saturated rings. The molecule has 1 aliphatic heterocycles. The minimum atomic E-state index is -4.42. The summed E-state index contributed by atoms with van der Waals surface area (Å²) in [6.07, 6.45) is -2.48. The molecular weight excluding hydrogens is 399 g/mol. The van der Waals surface area contributed by atoms with Crippen LogP contribution in [0.1, 0.15) is 30.4 Å². The van der Waals surface area contributed by atoms with Gasteiger partial charge in [0.05, 0.1) is 18.7 Å². The van der Waals surface area contributed by atoms with Crippen LogP contribution in [0, 0.1) is 5.92 Å². The molecule has 30 heavy (non-hydrogen) atoms. The lowest BCUT2D eigenvalue weighted by Gasteiger charge is -2.34. The lowest BCUT2D eigenvalue weighted by Crippen LogP contribution is -2.49. The summed E-state index contributed by atoms with van der Waals surface area (Å²) in [5.74, 6) is -0.0364. The first-order chi connectivity index (χ1) is 14.1. The Hall–Kier alpha value is -2.78. The number of carbonyl (C=O) groups is 2. The minimum absolute atomic E-state index is 0.00537. The highest BCUT2D eigenvalue weighted by Gasteiger charge is 2.30. The molecule has 10 heteroatoms. The molecule has 7 nitrogen and oxygen atoms in total. The van der Waals surface area contributed by atoms with E-state index in [4.69, 9.17) is 5.73 Å². The third-order valence-electron chi connectivity index (χ3n) is 4.87. The van der Waals surface area contributed by atoms with Crippen molar-refractivity contribution in [3.8, 4) is 0 Å². The zero-order valence-electron chi connectivity index (χ0n) is 17.2. The van der Waals surface area contributed by atoms with Gasteiger partial charge in [0.2, 0.25) is 11.8 Å². The number of nitrogens with one attached hydrogen (secondary N) is 1. The number of benzene rings is 1. The number of likely N-dealkylation sites (tertiary alicyclic amines) is 1. The minimum Gasteiger partial charge on any atom is -0.370 e.